The fourth-order valence-electron chi connectivity index (χ4n) is 5.18. The average molecular weight is 411 g/mol. The molecular weight excluding hydrogens is 386 g/mol. The van der Waals surface area contributed by atoms with Gasteiger partial charge in [-0.3, -0.25) is 0 Å². The maximum absolute atomic E-state index is 13.1. The fourth-order valence-corrected chi connectivity index (χ4v) is 5.18. The van der Waals surface area contributed by atoms with Crippen LogP contribution in [-0.2, 0) is 29.2 Å². The third-order valence-electron chi connectivity index (χ3n) is 6.45. The lowest BCUT2D eigenvalue weighted by molar-refractivity contribution is -0.187. The Balaban J connectivity index is 1.98. The molecule has 7 nitrogen and oxygen atoms in total. The SMILES string of the molecule is COC(=O)C1(C(=O)OC)O[C@@H](c2ccc(OC)cc2)[C@]2(C)c3ccccc3N(C)[C@H]12. The molecular formula is C23H25NO6. The van der Waals surface area contributed by atoms with Crippen LogP contribution >= 0.6 is 0 Å². The number of esters is 2. The minimum Gasteiger partial charge on any atom is -0.497 e. The quantitative estimate of drug-likeness (QED) is 0.566. The molecule has 0 radical (unpaired) electrons. The van der Waals surface area contributed by atoms with Crippen LogP contribution in [-0.4, -0.2) is 52.0 Å². The van der Waals surface area contributed by atoms with Crippen molar-refractivity contribution >= 4 is 17.6 Å². The molecule has 158 valence electrons. The number of ether oxygens (including phenoxy) is 4. The number of fused-ring (bicyclic) bond motifs is 3. The van der Waals surface area contributed by atoms with Crippen LogP contribution in [0.1, 0.15) is 24.2 Å². The van der Waals surface area contributed by atoms with Gasteiger partial charge >= 0.3 is 11.9 Å². The lowest BCUT2D eigenvalue weighted by Crippen LogP contribution is -2.62. The number of likely N-dealkylation sites (N-methyl/N-ethyl adjacent to an activating group) is 1. The maximum atomic E-state index is 13.1. The van der Waals surface area contributed by atoms with Crippen LogP contribution in [0.4, 0.5) is 5.69 Å². The van der Waals surface area contributed by atoms with E-state index in [1.807, 2.05) is 67.4 Å². The fraction of sp³-hybridized carbons (Fsp3) is 0.391. The van der Waals surface area contributed by atoms with E-state index in [4.69, 9.17) is 18.9 Å². The first-order valence-electron chi connectivity index (χ1n) is 9.67. The van der Waals surface area contributed by atoms with E-state index < -0.39 is 35.1 Å². The summed E-state index contributed by atoms with van der Waals surface area (Å²) in [5.74, 6) is -0.850. The first kappa shape index (κ1) is 20.2. The van der Waals surface area contributed by atoms with Crippen LogP contribution in [0.3, 0.4) is 0 Å². The normalized spacial score (nSPS) is 26.0. The van der Waals surface area contributed by atoms with Gasteiger partial charge in [-0.2, -0.15) is 0 Å². The highest BCUT2D eigenvalue weighted by Gasteiger charge is 2.75. The summed E-state index contributed by atoms with van der Waals surface area (Å²) in [6, 6.07) is 14.6. The molecule has 2 heterocycles. The molecule has 1 saturated heterocycles. The summed E-state index contributed by atoms with van der Waals surface area (Å²) in [5.41, 5.74) is 0.0962. The van der Waals surface area contributed by atoms with Gasteiger partial charge in [-0.1, -0.05) is 37.3 Å². The first-order chi connectivity index (χ1) is 14.4. The predicted octanol–water partition coefficient (Wildman–Crippen LogP) is 2.63. The van der Waals surface area contributed by atoms with Gasteiger partial charge in [0.1, 0.15) is 5.75 Å². The minimum atomic E-state index is -1.93. The molecule has 2 aliphatic rings. The topological polar surface area (TPSA) is 74.3 Å². The highest BCUT2D eigenvalue weighted by Crippen LogP contribution is 2.62. The van der Waals surface area contributed by atoms with Gasteiger partial charge in [0.05, 0.1) is 33.5 Å². The summed E-state index contributed by atoms with van der Waals surface area (Å²) in [7, 11) is 5.95. The molecule has 4 rings (SSSR count). The number of hydrogen-bond donors (Lipinski definition) is 0. The number of rotatable bonds is 4. The molecule has 0 unspecified atom stereocenters. The largest absolute Gasteiger partial charge is 0.497 e. The molecule has 2 aromatic rings. The van der Waals surface area contributed by atoms with Crippen LogP contribution < -0.4 is 9.64 Å². The van der Waals surface area contributed by atoms with Gasteiger partial charge in [0.15, 0.2) is 0 Å². The van der Waals surface area contributed by atoms with Crippen molar-refractivity contribution in [2.75, 3.05) is 33.3 Å². The van der Waals surface area contributed by atoms with Crippen LogP contribution in [0, 0.1) is 0 Å². The van der Waals surface area contributed by atoms with Crippen molar-refractivity contribution in [2.24, 2.45) is 0 Å². The van der Waals surface area contributed by atoms with E-state index in [-0.39, 0.29) is 0 Å². The number of hydrogen-bond acceptors (Lipinski definition) is 7. The number of carbonyl (C=O) groups is 2. The molecule has 0 bridgehead atoms. The van der Waals surface area contributed by atoms with E-state index in [9.17, 15) is 9.59 Å². The number of nitrogens with zero attached hydrogens (tertiary/aromatic N) is 1. The zero-order valence-electron chi connectivity index (χ0n) is 17.7. The summed E-state index contributed by atoms with van der Waals surface area (Å²) in [4.78, 5) is 28.1. The van der Waals surface area contributed by atoms with Crippen molar-refractivity contribution in [1.29, 1.82) is 0 Å². The molecule has 30 heavy (non-hydrogen) atoms. The van der Waals surface area contributed by atoms with Gasteiger partial charge in [0, 0.05) is 18.2 Å². The van der Waals surface area contributed by atoms with Gasteiger partial charge in [0.25, 0.3) is 5.60 Å². The molecule has 0 aromatic heterocycles. The summed E-state index contributed by atoms with van der Waals surface area (Å²) in [6.45, 7) is 2.02. The number of carbonyl (C=O) groups excluding carboxylic acids is 2. The predicted molar refractivity (Wildman–Crippen MR) is 110 cm³/mol. The van der Waals surface area contributed by atoms with E-state index in [1.54, 1.807) is 7.11 Å². The number of para-hydroxylation sites is 1. The van der Waals surface area contributed by atoms with Crippen LogP contribution in [0.25, 0.3) is 0 Å². The molecule has 1 fully saturated rings. The summed E-state index contributed by atoms with van der Waals surface area (Å²) < 4.78 is 21.8. The number of benzene rings is 2. The summed E-state index contributed by atoms with van der Waals surface area (Å²) >= 11 is 0. The summed E-state index contributed by atoms with van der Waals surface area (Å²) in [6.07, 6.45) is -0.599. The standard InChI is InChI=1S/C23H25NO6/c1-22-16-8-6-7-9-17(16)24(2)19(22)23(20(25)28-4,21(26)29-5)30-18(22)14-10-12-15(27-3)13-11-14/h6-13,18-19H,1-5H3/t18-,19-,22-/m0/s1. The van der Waals surface area contributed by atoms with Gasteiger partial charge < -0.3 is 23.8 Å². The molecule has 0 amide bonds. The molecule has 0 aliphatic carbocycles. The van der Waals surface area contributed by atoms with E-state index in [1.165, 1.54) is 14.2 Å². The van der Waals surface area contributed by atoms with Gasteiger partial charge in [-0.25, -0.2) is 9.59 Å². The minimum absolute atomic E-state index is 0.599. The molecule has 2 aliphatic heterocycles. The van der Waals surface area contributed by atoms with E-state index in [2.05, 4.69) is 0 Å². The van der Waals surface area contributed by atoms with E-state index in [0.717, 1.165) is 16.8 Å². The van der Waals surface area contributed by atoms with Crippen LogP contribution in [0.5, 0.6) is 5.75 Å². The Morgan fingerprint density at radius 3 is 2.13 bits per heavy atom. The highest BCUT2D eigenvalue weighted by molar-refractivity contribution is 6.06. The Hall–Kier alpha value is -3.06. The Bertz CT molecular complexity index is 971. The number of anilines is 1. The summed E-state index contributed by atoms with van der Waals surface area (Å²) in [5, 5.41) is 0. The highest BCUT2D eigenvalue weighted by atomic mass is 16.6. The molecule has 2 aromatic carbocycles. The monoisotopic (exact) mass is 411 g/mol. The van der Waals surface area contributed by atoms with Gasteiger partial charge in [-0.15, -0.1) is 0 Å². The lowest BCUT2D eigenvalue weighted by Gasteiger charge is -2.35. The molecule has 3 atom stereocenters. The van der Waals surface area contributed by atoms with Crippen molar-refractivity contribution in [2.45, 2.75) is 30.1 Å². The Kier molecular flexibility index (Phi) is 4.73. The second-order valence-electron chi connectivity index (χ2n) is 7.80. The zero-order chi connectivity index (χ0) is 21.7. The molecule has 0 N–H and O–H groups in total. The Morgan fingerprint density at radius 2 is 1.57 bits per heavy atom. The van der Waals surface area contributed by atoms with Crippen molar-refractivity contribution in [3.05, 3.63) is 59.7 Å². The van der Waals surface area contributed by atoms with Crippen molar-refractivity contribution in [1.82, 2.24) is 0 Å². The zero-order valence-corrected chi connectivity index (χ0v) is 17.7. The van der Waals surface area contributed by atoms with Crippen molar-refractivity contribution in [3.63, 3.8) is 0 Å². The second-order valence-corrected chi connectivity index (χ2v) is 7.80. The molecule has 7 heteroatoms. The maximum Gasteiger partial charge on any atom is 0.352 e. The van der Waals surface area contributed by atoms with Crippen molar-refractivity contribution in [3.8, 4) is 5.75 Å². The van der Waals surface area contributed by atoms with E-state index >= 15 is 0 Å². The average Bonchev–Trinajstić information content (AvgIpc) is 3.20. The first-order valence-corrected chi connectivity index (χ1v) is 9.67. The Labute approximate surface area is 175 Å². The third-order valence-corrected chi connectivity index (χ3v) is 6.45. The lowest BCUT2D eigenvalue weighted by atomic mass is 9.69. The van der Waals surface area contributed by atoms with Crippen LogP contribution in [0.15, 0.2) is 48.5 Å². The van der Waals surface area contributed by atoms with Crippen molar-refractivity contribution < 1.29 is 28.5 Å². The van der Waals surface area contributed by atoms with Gasteiger partial charge in [0.2, 0.25) is 0 Å². The third kappa shape index (κ3) is 2.41. The van der Waals surface area contributed by atoms with Crippen LogP contribution in [0.2, 0.25) is 0 Å². The second kappa shape index (κ2) is 7.02. The van der Waals surface area contributed by atoms with Gasteiger partial charge in [-0.05, 0) is 29.3 Å². The smallest absolute Gasteiger partial charge is 0.352 e. The molecule has 0 saturated carbocycles. The number of methoxy groups -OCH3 is 3. The van der Waals surface area contributed by atoms with E-state index in [0.29, 0.717) is 5.75 Å². The molecule has 0 spiro atoms. The Morgan fingerprint density at radius 1 is 0.967 bits per heavy atom.